The first-order chi connectivity index (χ1) is 7.09. The van der Waals surface area contributed by atoms with Gasteiger partial charge >= 0.3 is 0 Å². The van der Waals surface area contributed by atoms with E-state index in [0.29, 0.717) is 5.46 Å². The van der Waals surface area contributed by atoms with Crippen LogP contribution in [0, 0.1) is 5.92 Å². The van der Waals surface area contributed by atoms with Gasteiger partial charge in [0.1, 0.15) is 13.6 Å². The van der Waals surface area contributed by atoms with Crippen LogP contribution in [0.5, 0.6) is 5.75 Å². The number of hydrogen-bond donors (Lipinski definition) is 2. The minimum absolute atomic E-state index is 0.154. The van der Waals surface area contributed by atoms with E-state index in [9.17, 15) is 5.11 Å². The monoisotopic (exact) mass is 203 g/mol. The Morgan fingerprint density at radius 3 is 2.73 bits per heavy atom. The first-order valence-corrected chi connectivity index (χ1v) is 5.37. The van der Waals surface area contributed by atoms with E-state index in [1.807, 2.05) is 6.07 Å². The van der Waals surface area contributed by atoms with Crippen LogP contribution in [0.2, 0.25) is 0 Å². The first-order valence-electron chi connectivity index (χ1n) is 5.37. The molecule has 1 rings (SSSR count). The molecule has 15 heavy (non-hydrogen) atoms. The largest absolute Gasteiger partial charge is 0.509 e. The Labute approximate surface area is 93.1 Å². The van der Waals surface area contributed by atoms with Gasteiger partial charge in [-0.05, 0) is 30.5 Å². The molecule has 1 aromatic rings. The molecule has 0 amide bonds. The van der Waals surface area contributed by atoms with E-state index in [-0.39, 0.29) is 5.75 Å². The summed E-state index contributed by atoms with van der Waals surface area (Å²) < 4.78 is 0. The van der Waals surface area contributed by atoms with E-state index >= 15 is 0 Å². The minimum Gasteiger partial charge on any atom is -0.509 e. The lowest BCUT2D eigenvalue weighted by molar-refractivity contribution is 0.479. The van der Waals surface area contributed by atoms with Crippen molar-refractivity contribution in [2.24, 2.45) is 5.92 Å². The molecule has 0 aliphatic rings. The molecule has 0 aromatic heterocycles. The van der Waals surface area contributed by atoms with Crippen LogP contribution in [-0.2, 0) is 6.54 Å². The zero-order valence-corrected chi connectivity index (χ0v) is 9.46. The van der Waals surface area contributed by atoms with Gasteiger partial charge in [-0.3, -0.25) is 0 Å². The molecule has 80 valence electrons. The number of hydrogen-bond acceptors (Lipinski definition) is 2. The second kappa shape index (κ2) is 5.81. The molecule has 0 heterocycles. The lowest BCUT2D eigenvalue weighted by Crippen LogP contribution is -2.17. The third-order valence-electron chi connectivity index (χ3n) is 2.32. The van der Waals surface area contributed by atoms with E-state index in [1.54, 1.807) is 12.1 Å². The van der Waals surface area contributed by atoms with Crippen molar-refractivity contribution in [3.63, 3.8) is 0 Å². The topological polar surface area (TPSA) is 32.3 Å². The van der Waals surface area contributed by atoms with Crippen LogP contribution >= 0.6 is 0 Å². The number of rotatable bonds is 5. The Hall–Kier alpha value is -0.955. The number of benzene rings is 1. The van der Waals surface area contributed by atoms with Crippen molar-refractivity contribution in [1.29, 1.82) is 0 Å². The molecule has 0 saturated heterocycles. The standard InChI is InChI=1S/C12H18BNO/c1-9(2)5-6-14-8-10-3-4-12(15)11(13)7-10/h3-4,7,9,14-15H,5-6,8H2,1-2H3. The van der Waals surface area contributed by atoms with E-state index in [1.165, 1.54) is 6.42 Å². The van der Waals surface area contributed by atoms with Crippen molar-refractivity contribution < 1.29 is 5.11 Å². The van der Waals surface area contributed by atoms with Crippen molar-refractivity contribution in [1.82, 2.24) is 5.32 Å². The van der Waals surface area contributed by atoms with Gasteiger partial charge in [-0.2, -0.15) is 0 Å². The van der Waals surface area contributed by atoms with Gasteiger partial charge in [0.2, 0.25) is 0 Å². The second-order valence-corrected chi connectivity index (χ2v) is 4.25. The van der Waals surface area contributed by atoms with Gasteiger partial charge in [0.25, 0.3) is 0 Å². The molecule has 0 saturated carbocycles. The summed E-state index contributed by atoms with van der Waals surface area (Å²) in [7, 11) is 5.60. The predicted molar refractivity (Wildman–Crippen MR) is 64.7 cm³/mol. The third-order valence-corrected chi connectivity index (χ3v) is 2.32. The summed E-state index contributed by atoms with van der Waals surface area (Å²) in [6.45, 7) is 6.23. The maximum atomic E-state index is 9.24. The van der Waals surface area contributed by atoms with E-state index < -0.39 is 0 Å². The molecule has 3 heteroatoms. The zero-order chi connectivity index (χ0) is 11.3. The lowest BCUT2D eigenvalue weighted by atomic mass is 9.93. The van der Waals surface area contributed by atoms with Gasteiger partial charge in [-0.15, -0.1) is 0 Å². The van der Waals surface area contributed by atoms with Crippen molar-refractivity contribution in [3.05, 3.63) is 23.8 Å². The highest BCUT2D eigenvalue weighted by atomic mass is 16.3. The maximum Gasteiger partial charge on any atom is 0.119 e. The molecular weight excluding hydrogens is 185 g/mol. The Morgan fingerprint density at radius 2 is 2.13 bits per heavy atom. The SMILES string of the molecule is [B]c1cc(CNCCC(C)C)ccc1O. The van der Waals surface area contributed by atoms with Gasteiger partial charge < -0.3 is 10.4 Å². The zero-order valence-electron chi connectivity index (χ0n) is 9.46. The van der Waals surface area contributed by atoms with Gasteiger partial charge in [0.05, 0.1) is 0 Å². The summed E-state index contributed by atoms with van der Waals surface area (Å²) in [4.78, 5) is 0. The second-order valence-electron chi connectivity index (χ2n) is 4.25. The van der Waals surface area contributed by atoms with Crippen molar-refractivity contribution in [3.8, 4) is 5.75 Å². The molecule has 1 aromatic carbocycles. The third kappa shape index (κ3) is 4.39. The normalized spacial score (nSPS) is 10.9. The van der Waals surface area contributed by atoms with Crippen LogP contribution in [0.3, 0.4) is 0 Å². The quantitative estimate of drug-likeness (QED) is 0.558. The fraction of sp³-hybridized carbons (Fsp3) is 0.500. The molecule has 0 aliphatic heterocycles. The number of aromatic hydroxyl groups is 1. The maximum absolute atomic E-state index is 9.24. The minimum atomic E-state index is 0.154. The van der Waals surface area contributed by atoms with E-state index in [0.717, 1.165) is 24.6 Å². The summed E-state index contributed by atoms with van der Waals surface area (Å²) in [6.07, 6.45) is 1.17. The molecule has 0 bridgehead atoms. The van der Waals surface area contributed by atoms with Crippen LogP contribution in [0.15, 0.2) is 18.2 Å². The molecule has 2 radical (unpaired) electrons. The summed E-state index contributed by atoms with van der Waals surface area (Å²) in [5.41, 5.74) is 1.55. The molecule has 0 spiro atoms. The van der Waals surface area contributed by atoms with Crippen molar-refractivity contribution in [2.45, 2.75) is 26.8 Å². The van der Waals surface area contributed by atoms with E-state index in [4.69, 9.17) is 7.85 Å². The molecule has 0 fully saturated rings. The van der Waals surface area contributed by atoms with Crippen molar-refractivity contribution >= 4 is 13.3 Å². The van der Waals surface area contributed by atoms with Crippen LogP contribution in [0.4, 0.5) is 0 Å². The molecule has 2 N–H and O–H groups in total. The van der Waals surface area contributed by atoms with Gasteiger partial charge in [-0.1, -0.05) is 31.4 Å². The fourth-order valence-electron chi connectivity index (χ4n) is 1.34. The van der Waals surface area contributed by atoms with Gasteiger partial charge in [-0.25, -0.2) is 0 Å². The highest BCUT2D eigenvalue weighted by Crippen LogP contribution is 2.06. The summed E-state index contributed by atoms with van der Waals surface area (Å²) >= 11 is 0. The molecule has 0 atom stereocenters. The van der Waals surface area contributed by atoms with Crippen LogP contribution in [-0.4, -0.2) is 19.5 Å². The van der Waals surface area contributed by atoms with Crippen LogP contribution < -0.4 is 10.8 Å². The summed E-state index contributed by atoms with van der Waals surface area (Å²) in [5.74, 6) is 0.878. The predicted octanol–water partition coefficient (Wildman–Crippen LogP) is 1.32. The van der Waals surface area contributed by atoms with Gasteiger partial charge in [0, 0.05) is 6.54 Å². The fourth-order valence-corrected chi connectivity index (χ4v) is 1.34. The Morgan fingerprint density at radius 1 is 1.40 bits per heavy atom. The first kappa shape index (κ1) is 12.1. The molecule has 2 nitrogen and oxygen atoms in total. The smallest absolute Gasteiger partial charge is 0.119 e. The number of nitrogens with one attached hydrogen (secondary N) is 1. The van der Waals surface area contributed by atoms with Gasteiger partial charge in [0.15, 0.2) is 0 Å². The Bertz CT molecular complexity index is 312. The van der Waals surface area contributed by atoms with Crippen molar-refractivity contribution in [2.75, 3.05) is 6.54 Å². The van der Waals surface area contributed by atoms with Crippen LogP contribution in [0.25, 0.3) is 0 Å². The molecular formula is C12H18BNO. The number of phenolic OH excluding ortho intramolecular Hbond substituents is 1. The summed E-state index contributed by atoms with van der Waals surface area (Å²) in [6, 6.07) is 5.32. The average molecular weight is 203 g/mol. The lowest BCUT2D eigenvalue weighted by Gasteiger charge is -2.08. The Kier molecular flexibility index (Phi) is 4.69. The highest BCUT2D eigenvalue weighted by molar-refractivity contribution is 6.34. The Balaban J connectivity index is 2.35. The summed E-state index contributed by atoms with van der Waals surface area (Å²) in [5, 5.41) is 12.6. The van der Waals surface area contributed by atoms with Crippen LogP contribution in [0.1, 0.15) is 25.8 Å². The average Bonchev–Trinajstić information content (AvgIpc) is 2.18. The number of phenols is 1. The molecule has 0 aliphatic carbocycles. The molecule has 0 unspecified atom stereocenters. The van der Waals surface area contributed by atoms with E-state index in [2.05, 4.69) is 19.2 Å². The highest BCUT2D eigenvalue weighted by Gasteiger charge is 1.98.